The molecule has 2 nitrogen and oxygen atoms in total. The fraction of sp³-hybridized carbons (Fsp3) is 0.647. The maximum atomic E-state index is 10.3. The number of aliphatic hydroxyl groups is 1. The van der Waals surface area contributed by atoms with Gasteiger partial charge in [-0.25, -0.2) is 0 Å². The average molecular weight is 263 g/mol. The van der Waals surface area contributed by atoms with Gasteiger partial charge in [-0.3, -0.25) is 0 Å². The highest BCUT2D eigenvalue weighted by Gasteiger charge is 2.11. The summed E-state index contributed by atoms with van der Waals surface area (Å²) >= 11 is 0. The van der Waals surface area contributed by atoms with E-state index in [1.165, 1.54) is 24.8 Å². The monoisotopic (exact) mass is 263 g/mol. The van der Waals surface area contributed by atoms with E-state index in [1.54, 1.807) is 0 Å². The lowest BCUT2D eigenvalue weighted by Crippen LogP contribution is -2.29. The largest absolute Gasteiger partial charge is 0.387 e. The van der Waals surface area contributed by atoms with Gasteiger partial charge in [-0.1, -0.05) is 57.9 Å². The Bertz CT molecular complexity index is 334. The SMILES string of the molecule is CCCCN(CC)CC(O)c1ccc(CCC)cc1. The van der Waals surface area contributed by atoms with Gasteiger partial charge in [0.2, 0.25) is 0 Å². The van der Waals surface area contributed by atoms with E-state index >= 15 is 0 Å². The third-order valence-electron chi connectivity index (χ3n) is 3.61. The van der Waals surface area contributed by atoms with Crippen LogP contribution in [0.25, 0.3) is 0 Å². The number of nitrogens with zero attached hydrogens (tertiary/aromatic N) is 1. The third kappa shape index (κ3) is 5.75. The summed E-state index contributed by atoms with van der Waals surface area (Å²) in [7, 11) is 0. The average Bonchev–Trinajstić information content (AvgIpc) is 2.44. The van der Waals surface area contributed by atoms with Crippen LogP contribution in [0.4, 0.5) is 0 Å². The predicted molar refractivity (Wildman–Crippen MR) is 82.4 cm³/mol. The number of aryl methyl sites for hydroxylation is 1. The lowest BCUT2D eigenvalue weighted by atomic mass is 10.0. The quantitative estimate of drug-likeness (QED) is 0.732. The number of unbranched alkanes of at least 4 members (excludes halogenated alkanes) is 1. The van der Waals surface area contributed by atoms with Crippen LogP contribution in [-0.2, 0) is 6.42 Å². The summed E-state index contributed by atoms with van der Waals surface area (Å²) in [5.74, 6) is 0. The van der Waals surface area contributed by atoms with Crippen molar-refractivity contribution in [2.45, 2.75) is 52.6 Å². The molecule has 1 aromatic carbocycles. The summed E-state index contributed by atoms with van der Waals surface area (Å²) in [5, 5.41) is 10.3. The van der Waals surface area contributed by atoms with Gasteiger partial charge in [0.15, 0.2) is 0 Å². The predicted octanol–water partition coefficient (Wildman–Crippen LogP) is 3.79. The summed E-state index contributed by atoms with van der Waals surface area (Å²) in [5.41, 5.74) is 2.39. The van der Waals surface area contributed by atoms with Gasteiger partial charge in [0.05, 0.1) is 6.10 Å². The second-order valence-corrected chi connectivity index (χ2v) is 5.25. The Morgan fingerprint density at radius 2 is 1.74 bits per heavy atom. The molecule has 0 aliphatic heterocycles. The van der Waals surface area contributed by atoms with E-state index < -0.39 is 0 Å². The first kappa shape index (κ1) is 16.2. The van der Waals surface area contributed by atoms with Gasteiger partial charge in [-0.2, -0.15) is 0 Å². The van der Waals surface area contributed by atoms with Crippen molar-refractivity contribution < 1.29 is 5.11 Å². The molecule has 0 spiro atoms. The molecular formula is C17H29NO. The van der Waals surface area contributed by atoms with Crippen LogP contribution in [0.3, 0.4) is 0 Å². The Kier molecular flexibility index (Phi) is 7.76. The number of hydrogen-bond acceptors (Lipinski definition) is 2. The van der Waals surface area contributed by atoms with Crippen LogP contribution in [0.15, 0.2) is 24.3 Å². The first-order valence-corrected chi connectivity index (χ1v) is 7.70. The lowest BCUT2D eigenvalue weighted by molar-refractivity contribution is 0.115. The van der Waals surface area contributed by atoms with Gasteiger partial charge < -0.3 is 10.0 Å². The van der Waals surface area contributed by atoms with E-state index in [-0.39, 0.29) is 6.10 Å². The van der Waals surface area contributed by atoms with Crippen LogP contribution < -0.4 is 0 Å². The van der Waals surface area contributed by atoms with Crippen LogP contribution in [-0.4, -0.2) is 29.6 Å². The smallest absolute Gasteiger partial charge is 0.0916 e. The maximum absolute atomic E-state index is 10.3. The second kappa shape index (κ2) is 9.11. The van der Waals surface area contributed by atoms with Crippen molar-refractivity contribution in [1.82, 2.24) is 4.90 Å². The summed E-state index contributed by atoms with van der Waals surface area (Å²) in [6, 6.07) is 8.43. The lowest BCUT2D eigenvalue weighted by Gasteiger charge is -2.23. The molecule has 0 radical (unpaired) electrons. The molecule has 1 aromatic rings. The van der Waals surface area contributed by atoms with E-state index in [4.69, 9.17) is 0 Å². The molecule has 0 aromatic heterocycles. The zero-order chi connectivity index (χ0) is 14.1. The molecule has 1 unspecified atom stereocenters. The van der Waals surface area contributed by atoms with Gasteiger partial charge in [-0.05, 0) is 37.1 Å². The molecule has 1 atom stereocenters. The summed E-state index contributed by atoms with van der Waals surface area (Å²) in [6.07, 6.45) is 4.33. The zero-order valence-electron chi connectivity index (χ0n) is 12.7. The van der Waals surface area contributed by atoms with Gasteiger partial charge >= 0.3 is 0 Å². The minimum absolute atomic E-state index is 0.368. The van der Waals surface area contributed by atoms with E-state index in [1.807, 2.05) is 0 Å². The molecule has 1 rings (SSSR count). The van der Waals surface area contributed by atoms with E-state index in [9.17, 15) is 5.11 Å². The minimum Gasteiger partial charge on any atom is -0.387 e. The highest BCUT2D eigenvalue weighted by Crippen LogP contribution is 2.16. The molecule has 19 heavy (non-hydrogen) atoms. The van der Waals surface area contributed by atoms with Gasteiger partial charge in [0.1, 0.15) is 0 Å². The van der Waals surface area contributed by atoms with Crippen molar-refractivity contribution in [2.75, 3.05) is 19.6 Å². The van der Waals surface area contributed by atoms with Crippen molar-refractivity contribution in [3.05, 3.63) is 35.4 Å². The Morgan fingerprint density at radius 1 is 1.05 bits per heavy atom. The minimum atomic E-state index is -0.368. The first-order chi connectivity index (χ1) is 9.21. The topological polar surface area (TPSA) is 23.5 Å². The molecule has 1 N–H and O–H groups in total. The molecule has 2 heteroatoms. The highest BCUT2D eigenvalue weighted by atomic mass is 16.3. The molecular weight excluding hydrogens is 234 g/mol. The molecule has 0 fully saturated rings. The van der Waals surface area contributed by atoms with E-state index in [2.05, 4.69) is 49.9 Å². The van der Waals surface area contributed by atoms with Crippen LogP contribution >= 0.6 is 0 Å². The fourth-order valence-corrected chi connectivity index (χ4v) is 2.31. The highest BCUT2D eigenvalue weighted by molar-refractivity contribution is 5.24. The Labute approximate surface area is 118 Å². The normalized spacial score (nSPS) is 12.9. The number of likely N-dealkylation sites (N-methyl/N-ethyl adjacent to an activating group) is 1. The summed E-state index contributed by atoms with van der Waals surface area (Å²) < 4.78 is 0. The molecule has 0 aliphatic carbocycles. The van der Waals surface area contributed by atoms with Gasteiger partial charge in [-0.15, -0.1) is 0 Å². The molecule has 0 saturated heterocycles. The van der Waals surface area contributed by atoms with Crippen molar-refractivity contribution in [1.29, 1.82) is 0 Å². The van der Waals surface area contributed by atoms with E-state index in [0.717, 1.165) is 31.6 Å². The maximum Gasteiger partial charge on any atom is 0.0916 e. The molecule has 0 heterocycles. The number of rotatable bonds is 9. The van der Waals surface area contributed by atoms with E-state index in [0.29, 0.717) is 0 Å². The van der Waals surface area contributed by atoms with Crippen molar-refractivity contribution in [3.63, 3.8) is 0 Å². The molecule has 108 valence electrons. The van der Waals surface area contributed by atoms with Crippen molar-refractivity contribution in [2.24, 2.45) is 0 Å². The van der Waals surface area contributed by atoms with Crippen LogP contribution in [0.2, 0.25) is 0 Å². The molecule has 0 bridgehead atoms. The summed E-state index contributed by atoms with van der Waals surface area (Å²) in [4.78, 5) is 2.33. The third-order valence-corrected chi connectivity index (χ3v) is 3.61. The number of aliphatic hydroxyl groups excluding tert-OH is 1. The van der Waals surface area contributed by atoms with Crippen LogP contribution in [0.5, 0.6) is 0 Å². The number of benzene rings is 1. The Morgan fingerprint density at radius 3 is 2.26 bits per heavy atom. The Hall–Kier alpha value is -0.860. The number of hydrogen-bond donors (Lipinski definition) is 1. The zero-order valence-corrected chi connectivity index (χ0v) is 12.7. The Balaban J connectivity index is 2.53. The molecule has 0 aliphatic rings. The first-order valence-electron chi connectivity index (χ1n) is 7.70. The van der Waals surface area contributed by atoms with Crippen molar-refractivity contribution in [3.8, 4) is 0 Å². The molecule has 0 amide bonds. The van der Waals surface area contributed by atoms with Crippen LogP contribution in [0, 0.1) is 0 Å². The van der Waals surface area contributed by atoms with Crippen LogP contribution in [0.1, 0.15) is 57.3 Å². The summed E-state index contributed by atoms with van der Waals surface area (Å²) in [6.45, 7) is 9.38. The fourth-order valence-electron chi connectivity index (χ4n) is 2.31. The molecule has 0 saturated carbocycles. The second-order valence-electron chi connectivity index (χ2n) is 5.25. The van der Waals surface area contributed by atoms with Gasteiger partial charge in [0.25, 0.3) is 0 Å². The van der Waals surface area contributed by atoms with Gasteiger partial charge in [0, 0.05) is 6.54 Å². The van der Waals surface area contributed by atoms with Crippen molar-refractivity contribution >= 4 is 0 Å². The standard InChI is InChI=1S/C17H29NO/c1-4-7-13-18(6-3)14-17(19)16-11-9-15(8-5-2)10-12-16/h9-12,17,19H,4-8,13-14H2,1-3H3.